The summed E-state index contributed by atoms with van der Waals surface area (Å²) in [6.45, 7) is 2.37. The number of likely N-dealkylation sites (tertiary alicyclic amines) is 1. The number of methoxy groups -OCH3 is 1. The number of carbonyl (C=O) groups excluding carboxylic acids is 2. The third-order valence-corrected chi connectivity index (χ3v) is 7.52. The molecule has 186 valence electrons. The van der Waals surface area contributed by atoms with Crippen molar-refractivity contribution in [2.75, 3.05) is 13.7 Å². The van der Waals surface area contributed by atoms with Crippen LogP contribution in [0.15, 0.2) is 59.5 Å². The molecule has 0 aromatic heterocycles. The zero-order valence-electron chi connectivity index (χ0n) is 19.9. The SMILES string of the molecule is CCC(=O)NNS(=O)(=O)c1cc2cc(OC)ccc2cc1[C@@H]1CCN(Cc2cccc(C#N)c2)C1=O. The summed E-state index contributed by atoms with van der Waals surface area (Å²) in [6, 6.07) is 17.7. The van der Waals surface area contributed by atoms with Gasteiger partial charge >= 0.3 is 0 Å². The zero-order valence-corrected chi connectivity index (χ0v) is 20.8. The van der Waals surface area contributed by atoms with Crippen molar-refractivity contribution in [3.63, 3.8) is 0 Å². The second-order valence-electron chi connectivity index (χ2n) is 8.52. The summed E-state index contributed by atoms with van der Waals surface area (Å²) in [6.07, 6.45) is 0.537. The Morgan fingerprint density at radius 3 is 2.69 bits per heavy atom. The highest BCUT2D eigenvalue weighted by atomic mass is 32.2. The van der Waals surface area contributed by atoms with Crippen LogP contribution in [0.3, 0.4) is 0 Å². The first kappa shape index (κ1) is 25.2. The van der Waals surface area contributed by atoms with E-state index in [-0.39, 0.29) is 17.2 Å². The molecule has 1 saturated heterocycles. The van der Waals surface area contributed by atoms with E-state index in [1.807, 2.05) is 12.1 Å². The lowest BCUT2D eigenvalue weighted by molar-refractivity contribution is -0.129. The molecule has 4 rings (SSSR count). The van der Waals surface area contributed by atoms with Gasteiger partial charge in [0, 0.05) is 19.5 Å². The molecular formula is C26H26N4O5S. The van der Waals surface area contributed by atoms with E-state index in [0.717, 1.165) is 10.9 Å². The molecule has 0 radical (unpaired) electrons. The monoisotopic (exact) mass is 506 g/mol. The van der Waals surface area contributed by atoms with E-state index in [9.17, 15) is 18.0 Å². The van der Waals surface area contributed by atoms with Crippen molar-refractivity contribution in [3.8, 4) is 11.8 Å². The predicted molar refractivity (Wildman–Crippen MR) is 133 cm³/mol. The maximum atomic E-state index is 13.4. The number of hydrogen-bond donors (Lipinski definition) is 2. The molecule has 0 aliphatic carbocycles. The standard InChI is InChI=1S/C26H26N4O5S/c1-3-25(31)28-29-36(33,34)24-14-20-12-21(35-2)8-7-19(20)13-23(24)22-9-10-30(26(22)32)16-18-6-4-5-17(11-18)15-27/h4-8,11-14,22,29H,3,9-10,16H2,1-2H3,(H,28,31)/t22-/m0/s1. The Labute approximate surface area is 209 Å². The molecule has 10 heteroatoms. The van der Waals surface area contributed by atoms with Crippen LogP contribution in [0.4, 0.5) is 0 Å². The summed E-state index contributed by atoms with van der Waals surface area (Å²) >= 11 is 0. The first-order valence-electron chi connectivity index (χ1n) is 11.5. The van der Waals surface area contributed by atoms with E-state index in [4.69, 9.17) is 10.00 Å². The van der Waals surface area contributed by atoms with Gasteiger partial charge in [-0.1, -0.05) is 25.1 Å². The molecule has 0 spiro atoms. The lowest BCUT2D eigenvalue weighted by Gasteiger charge is -2.19. The molecule has 36 heavy (non-hydrogen) atoms. The fourth-order valence-electron chi connectivity index (χ4n) is 4.32. The van der Waals surface area contributed by atoms with Gasteiger partial charge in [-0.15, -0.1) is 4.83 Å². The average Bonchev–Trinajstić information content (AvgIpc) is 3.25. The summed E-state index contributed by atoms with van der Waals surface area (Å²) in [4.78, 5) is 28.9. The lowest BCUT2D eigenvalue weighted by Crippen LogP contribution is -2.41. The topological polar surface area (TPSA) is 129 Å². The van der Waals surface area contributed by atoms with Gasteiger partial charge in [-0.2, -0.15) is 5.26 Å². The molecule has 3 aromatic rings. The third kappa shape index (κ3) is 5.17. The van der Waals surface area contributed by atoms with E-state index >= 15 is 0 Å². The number of ether oxygens (including phenoxy) is 1. The number of amides is 2. The van der Waals surface area contributed by atoms with Crippen molar-refractivity contribution in [1.29, 1.82) is 5.26 Å². The summed E-state index contributed by atoms with van der Waals surface area (Å²) in [5.41, 5.74) is 3.90. The van der Waals surface area contributed by atoms with E-state index in [2.05, 4.69) is 16.3 Å². The molecule has 1 atom stereocenters. The van der Waals surface area contributed by atoms with Crippen LogP contribution in [-0.4, -0.2) is 38.8 Å². The van der Waals surface area contributed by atoms with Crippen LogP contribution < -0.4 is 15.0 Å². The number of sulfonamides is 1. The second kappa shape index (κ2) is 10.4. The fraction of sp³-hybridized carbons (Fsp3) is 0.269. The van der Waals surface area contributed by atoms with Crippen LogP contribution in [0.2, 0.25) is 0 Å². The Balaban J connectivity index is 1.72. The van der Waals surface area contributed by atoms with E-state index in [0.29, 0.717) is 41.8 Å². The van der Waals surface area contributed by atoms with Gasteiger partial charge in [0.1, 0.15) is 5.75 Å². The Morgan fingerprint density at radius 1 is 1.17 bits per heavy atom. The summed E-state index contributed by atoms with van der Waals surface area (Å²) in [5.74, 6) is -0.790. The van der Waals surface area contributed by atoms with Crippen molar-refractivity contribution in [1.82, 2.24) is 15.2 Å². The maximum absolute atomic E-state index is 13.4. The second-order valence-corrected chi connectivity index (χ2v) is 10.2. The number of fused-ring (bicyclic) bond motifs is 1. The quantitative estimate of drug-likeness (QED) is 0.452. The van der Waals surface area contributed by atoms with Gasteiger partial charge in [0.25, 0.3) is 10.0 Å². The Kier molecular flexibility index (Phi) is 7.24. The van der Waals surface area contributed by atoms with Crippen molar-refractivity contribution in [2.24, 2.45) is 0 Å². The van der Waals surface area contributed by atoms with Gasteiger partial charge in [0.15, 0.2) is 0 Å². The molecule has 0 bridgehead atoms. The Morgan fingerprint density at radius 2 is 1.97 bits per heavy atom. The zero-order chi connectivity index (χ0) is 25.9. The van der Waals surface area contributed by atoms with E-state index < -0.39 is 21.8 Å². The van der Waals surface area contributed by atoms with Gasteiger partial charge < -0.3 is 9.64 Å². The van der Waals surface area contributed by atoms with Crippen LogP contribution in [0.5, 0.6) is 5.75 Å². The number of benzene rings is 3. The minimum absolute atomic E-state index is 0.0775. The van der Waals surface area contributed by atoms with Crippen LogP contribution in [-0.2, 0) is 26.2 Å². The van der Waals surface area contributed by atoms with Crippen LogP contribution in [0.1, 0.15) is 42.4 Å². The predicted octanol–water partition coefficient (Wildman–Crippen LogP) is 2.96. The molecule has 2 N–H and O–H groups in total. The smallest absolute Gasteiger partial charge is 0.257 e. The van der Waals surface area contributed by atoms with E-state index in [1.165, 1.54) is 13.2 Å². The highest BCUT2D eigenvalue weighted by molar-refractivity contribution is 7.89. The number of hydrogen-bond acceptors (Lipinski definition) is 6. The van der Waals surface area contributed by atoms with Crippen molar-refractivity contribution in [2.45, 2.75) is 37.1 Å². The molecule has 1 fully saturated rings. The minimum Gasteiger partial charge on any atom is -0.497 e. The highest BCUT2D eigenvalue weighted by Gasteiger charge is 2.36. The molecule has 3 aromatic carbocycles. The van der Waals surface area contributed by atoms with Gasteiger partial charge in [0.2, 0.25) is 11.8 Å². The van der Waals surface area contributed by atoms with Gasteiger partial charge in [-0.3, -0.25) is 15.0 Å². The summed E-state index contributed by atoms with van der Waals surface area (Å²) in [5, 5.41) is 10.5. The normalized spacial score (nSPS) is 15.6. The maximum Gasteiger partial charge on any atom is 0.257 e. The Hall–Kier alpha value is -3.94. The minimum atomic E-state index is -4.18. The molecule has 1 heterocycles. The average molecular weight is 507 g/mol. The van der Waals surface area contributed by atoms with E-state index in [1.54, 1.807) is 48.2 Å². The highest BCUT2D eigenvalue weighted by Crippen LogP contribution is 2.37. The number of nitrogens with one attached hydrogen (secondary N) is 2. The summed E-state index contributed by atoms with van der Waals surface area (Å²) < 4.78 is 31.8. The van der Waals surface area contributed by atoms with Gasteiger partial charge in [-0.25, -0.2) is 8.42 Å². The molecule has 0 unspecified atom stereocenters. The van der Waals surface area contributed by atoms with Crippen molar-refractivity contribution in [3.05, 3.63) is 71.3 Å². The number of carbonyl (C=O) groups is 2. The van der Waals surface area contributed by atoms with Crippen molar-refractivity contribution < 1.29 is 22.7 Å². The lowest BCUT2D eigenvalue weighted by atomic mass is 9.95. The fourth-order valence-corrected chi connectivity index (χ4v) is 5.47. The molecule has 9 nitrogen and oxygen atoms in total. The van der Waals surface area contributed by atoms with Crippen LogP contribution >= 0.6 is 0 Å². The number of nitrogens with zero attached hydrogens (tertiary/aromatic N) is 2. The summed E-state index contributed by atoms with van der Waals surface area (Å²) in [7, 11) is -2.66. The molecule has 1 aliphatic rings. The molecular weight excluding hydrogens is 480 g/mol. The largest absolute Gasteiger partial charge is 0.497 e. The molecule has 0 saturated carbocycles. The van der Waals surface area contributed by atoms with Crippen LogP contribution in [0, 0.1) is 11.3 Å². The van der Waals surface area contributed by atoms with Gasteiger partial charge in [0.05, 0.1) is 29.6 Å². The number of hydrazine groups is 1. The first-order valence-corrected chi connectivity index (χ1v) is 12.9. The first-order chi connectivity index (χ1) is 17.2. The number of nitriles is 1. The third-order valence-electron chi connectivity index (χ3n) is 6.21. The van der Waals surface area contributed by atoms with Crippen LogP contribution in [0.25, 0.3) is 10.8 Å². The Bertz CT molecular complexity index is 1480. The van der Waals surface area contributed by atoms with Gasteiger partial charge in [-0.05, 0) is 64.7 Å². The molecule has 1 aliphatic heterocycles. The molecule has 2 amide bonds. The van der Waals surface area contributed by atoms with Crippen molar-refractivity contribution >= 4 is 32.6 Å². The number of rotatable bonds is 8.